The van der Waals surface area contributed by atoms with Crippen LogP contribution in [0.5, 0.6) is 0 Å². The molecule has 7 nitrogen and oxygen atoms in total. The van der Waals surface area contributed by atoms with Crippen LogP contribution in [-0.2, 0) is 28.7 Å². The molecule has 7 heteroatoms. The predicted molar refractivity (Wildman–Crippen MR) is 79.3 cm³/mol. The van der Waals surface area contributed by atoms with Crippen LogP contribution >= 0.6 is 0 Å². The van der Waals surface area contributed by atoms with Crippen molar-refractivity contribution in [3.8, 4) is 0 Å². The van der Waals surface area contributed by atoms with E-state index in [0.717, 1.165) is 32.1 Å². The summed E-state index contributed by atoms with van der Waals surface area (Å²) in [5.41, 5.74) is 0. The number of amides is 1. The van der Waals surface area contributed by atoms with E-state index in [1.165, 1.54) is 4.90 Å². The number of nitrogens with zero attached hydrogens (tertiary/aromatic N) is 1. The SMILES string of the molecule is CCOC(=O)[C@H]1C(=O)C(=O)N(C2CCCCC2)[C@H]1C(=O)OCC. The van der Waals surface area contributed by atoms with Crippen LogP contribution in [0.2, 0.25) is 0 Å². The average Bonchev–Trinajstić information content (AvgIpc) is 2.81. The molecule has 0 spiro atoms. The van der Waals surface area contributed by atoms with E-state index in [9.17, 15) is 19.2 Å². The van der Waals surface area contributed by atoms with Gasteiger partial charge >= 0.3 is 11.9 Å². The van der Waals surface area contributed by atoms with Crippen molar-refractivity contribution in [3.05, 3.63) is 0 Å². The second kappa shape index (κ2) is 7.57. The third-order valence-electron chi connectivity index (χ3n) is 4.38. The third-order valence-corrected chi connectivity index (χ3v) is 4.38. The lowest BCUT2D eigenvalue weighted by atomic mass is 9.92. The molecule has 1 heterocycles. The first kappa shape index (κ1) is 17.4. The second-order valence-electron chi connectivity index (χ2n) is 5.80. The second-order valence-corrected chi connectivity index (χ2v) is 5.80. The van der Waals surface area contributed by atoms with E-state index in [4.69, 9.17) is 9.47 Å². The minimum atomic E-state index is -1.41. The van der Waals surface area contributed by atoms with Crippen molar-refractivity contribution in [2.24, 2.45) is 5.92 Å². The van der Waals surface area contributed by atoms with Crippen molar-refractivity contribution >= 4 is 23.6 Å². The number of carbonyl (C=O) groups is 4. The molecule has 2 rings (SSSR count). The van der Waals surface area contributed by atoms with Gasteiger partial charge in [0.25, 0.3) is 5.91 Å². The van der Waals surface area contributed by atoms with Gasteiger partial charge < -0.3 is 14.4 Å². The molecule has 1 saturated carbocycles. The molecular weight excluding hydrogens is 302 g/mol. The number of Topliss-reactive ketones (excluding diaryl/α,β-unsaturated/α-hetero) is 1. The monoisotopic (exact) mass is 325 g/mol. The molecule has 128 valence electrons. The highest BCUT2D eigenvalue weighted by molar-refractivity contribution is 6.43. The van der Waals surface area contributed by atoms with Gasteiger partial charge in [-0.2, -0.15) is 0 Å². The van der Waals surface area contributed by atoms with E-state index in [1.807, 2.05) is 0 Å². The Hall–Kier alpha value is -1.92. The fourth-order valence-electron chi connectivity index (χ4n) is 3.39. The Morgan fingerprint density at radius 3 is 2.13 bits per heavy atom. The molecule has 0 bridgehead atoms. The number of likely N-dealkylation sites (tertiary alicyclic amines) is 1. The van der Waals surface area contributed by atoms with Crippen LogP contribution < -0.4 is 0 Å². The first-order valence-corrected chi connectivity index (χ1v) is 8.22. The molecule has 0 unspecified atom stereocenters. The zero-order valence-corrected chi connectivity index (χ0v) is 13.6. The number of rotatable bonds is 5. The highest BCUT2D eigenvalue weighted by Gasteiger charge is 2.57. The number of ketones is 1. The van der Waals surface area contributed by atoms with Crippen molar-refractivity contribution in [1.82, 2.24) is 4.90 Å². The molecule has 1 aliphatic heterocycles. The van der Waals surface area contributed by atoms with E-state index in [1.54, 1.807) is 13.8 Å². The van der Waals surface area contributed by atoms with Gasteiger partial charge in [0.2, 0.25) is 5.78 Å². The first-order chi connectivity index (χ1) is 11.0. The van der Waals surface area contributed by atoms with Crippen molar-refractivity contribution in [2.45, 2.75) is 58.0 Å². The zero-order valence-electron chi connectivity index (χ0n) is 13.6. The summed E-state index contributed by atoms with van der Waals surface area (Å²) in [5, 5.41) is 0. The summed E-state index contributed by atoms with van der Waals surface area (Å²) >= 11 is 0. The molecule has 0 N–H and O–H groups in total. The number of carbonyl (C=O) groups excluding carboxylic acids is 4. The van der Waals surface area contributed by atoms with Crippen LogP contribution in [0, 0.1) is 5.92 Å². The molecule has 2 atom stereocenters. The minimum Gasteiger partial charge on any atom is -0.465 e. The standard InChI is InChI=1S/C16H23NO6/c1-3-22-15(20)11-12(16(21)23-4-2)17(14(19)13(11)18)10-8-6-5-7-9-10/h10-12H,3-9H2,1-2H3/t11-,12-/m1/s1. The average molecular weight is 325 g/mol. The van der Waals surface area contributed by atoms with Crippen molar-refractivity contribution in [2.75, 3.05) is 13.2 Å². The Morgan fingerprint density at radius 1 is 1.00 bits per heavy atom. The fraction of sp³-hybridized carbons (Fsp3) is 0.750. The lowest BCUT2D eigenvalue weighted by Gasteiger charge is -2.34. The van der Waals surface area contributed by atoms with Crippen LogP contribution in [0.1, 0.15) is 46.0 Å². The lowest BCUT2D eigenvalue weighted by molar-refractivity contribution is -0.161. The molecule has 0 aromatic heterocycles. The summed E-state index contributed by atoms with van der Waals surface area (Å²) in [6, 6.07) is -1.40. The maximum atomic E-state index is 12.4. The quantitative estimate of drug-likeness (QED) is 0.423. The van der Waals surface area contributed by atoms with Crippen LogP contribution in [0.4, 0.5) is 0 Å². The Bertz CT molecular complexity index is 497. The summed E-state index contributed by atoms with van der Waals surface area (Å²) in [7, 11) is 0. The number of ether oxygens (including phenoxy) is 2. The van der Waals surface area contributed by atoms with Gasteiger partial charge in [0.15, 0.2) is 12.0 Å². The Balaban J connectivity index is 2.33. The molecule has 1 amide bonds. The van der Waals surface area contributed by atoms with Crippen LogP contribution in [0.3, 0.4) is 0 Å². The summed E-state index contributed by atoms with van der Waals surface area (Å²) < 4.78 is 9.90. The summed E-state index contributed by atoms with van der Waals surface area (Å²) in [6.07, 6.45) is 4.39. The van der Waals surface area contributed by atoms with Gasteiger partial charge in [0, 0.05) is 6.04 Å². The summed E-state index contributed by atoms with van der Waals surface area (Å²) in [6.45, 7) is 3.44. The smallest absolute Gasteiger partial charge is 0.330 e. The summed E-state index contributed by atoms with van der Waals surface area (Å²) in [4.78, 5) is 50.4. The number of esters is 2. The lowest BCUT2D eigenvalue weighted by Crippen LogP contribution is -2.50. The molecule has 0 radical (unpaired) electrons. The molecule has 0 aromatic carbocycles. The Morgan fingerprint density at radius 2 is 1.57 bits per heavy atom. The van der Waals surface area contributed by atoms with Crippen LogP contribution in [0.25, 0.3) is 0 Å². The predicted octanol–water partition coefficient (Wildman–Crippen LogP) is 0.841. The van der Waals surface area contributed by atoms with Gasteiger partial charge in [-0.25, -0.2) is 4.79 Å². The molecule has 1 saturated heterocycles. The zero-order chi connectivity index (χ0) is 17.0. The van der Waals surface area contributed by atoms with E-state index < -0.39 is 35.6 Å². The van der Waals surface area contributed by atoms with Gasteiger partial charge in [-0.1, -0.05) is 19.3 Å². The Labute approximate surface area is 135 Å². The van der Waals surface area contributed by atoms with Gasteiger partial charge in [-0.3, -0.25) is 14.4 Å². The van der Waals surface area contributed by atoms with E-state index in [2.05, 4.69) is 0 Å². The largest absolute Gasteiger partial charge is 0.465 e. The van der Waals surface area contributed by atoms with E-state index >= 15 is 0 Å². The molecule has 23 heavy (non-hydrogen) atoms. The van der Waals surface area contributed by atoms with Gasteiger partial charge in [-0.15, -0.1) is 0 Å². The molecule has 2 fully saturated rings. The topological polar surface area (TPSA) is 90.0 Å². The highest BCUT2D eigenvalue weighted by atomic mass is 16.5. The maximum Gasteiger partial charge on any atom is 0.330 e. The Kier molecular flexibility index (Phi) is 5.74. The molecule has 1 aliphatic carbocycles. The van der Waals surface area contributed by atoms with Crippen molar-refractivity contribution < 1.29 is 28.7 Å². The molecular formula is C16H23NO6. The fourth-order valence-corrected chi connectivity index (χ4v) is 3.39. The van der Waals surface area contributed by atoms with E-state index in [-0.39, 0.29) is 19.3 Å². The number of hydrogen-bond acceptors (Lipinski definition) is 6. The van der Waals surface area contributed by atoms with Crippen LogP contribution in [-0.4, -0.2) is 53.8 Å². The van der Waals surface area contributed by atoms with Crippen LogP contribution in [0.15, 0.2) is 0 Å². The normalized spacial score (nSPS) is 25.6. The van der Waals surface area contributed by atoms with Gasteiger partial charge in [0.05, 0.1) is 13.2 Å². The first-order valence-electron chi connectivity index (χ1n) is 8.22. The van der Waals surface area contributed by atoms with E-state index in [0.29, 0.717) is 0 Å². The third kappa shape index (κ3) is 3.38. The maximum absolute atomic E-state index is 12.4. The highest BCUT2D eigenvalue weighted by Crippen LogP contribution is 2.33. The van der Waals surface area contributed by atoms with Crippen molar-refractivity contribution in [3.63, 3.8) is 0 Å². The molecule has 2 aliphatic rings. The number of hydrogen-bond donors (Lipinski definition) is 0. The van der Waals surface area contributed by atoms with Crippen molar-refractivity contribution in [1.29, 1.82) is 0 Å². The minimum absolute atomic E-state index is 0.0791. The summed E-state index contributed by atoms with van der Waals surface area (Å²) in [5.74, 6) is -4.60. The molecule has 0 aromatic rings. The van der Waals surface area contributed by atoms with Gasteiger partial charge in [-0.05, 0) is 26.7 Å². The van der Waals surface area contributed by atoms with Gasteiger partial charge in [0.1, 0.15) is 0 Å².